The van der Waals surface area contributed by atoms with Gasteiger partial charge < -0.3 is 20.2 Å². The molecule has 2 N–H and O–H groups in total. The molecule has 0 aliphatic heterocycles. The zero-order valence-electron chi connectivity index (χ0n) is 16.3. The average molecular weight is 364 g/mol. The molecule has 0 saturated carbocycles. The van der Waals surface area contributed by atoms with Gasteiger partial charge in [0.05, 0.1) is 26.3 Å². The van der Waals surface area contributed by atoms with Crippen LogP contribution in [0.25, 0.3) is 0 Å². The van der Waals surface area contributed by atoms with Crippen LogP contribution in [0.1, 0.15) is 30.9 Å². The van der Waals surface area contributed by atoms with Crippen LogP contribution < -0.4 is 10.6 Å². The van der Waals surface area contributed by atoms with Gasteiger partial charge in [-0.05, 0) is 37.9 Å². The summed E-state index contributed by atoms with van der Waals surface area (Å²) in [6.45, 7) is 10.2. The Balaban J connectivity index is 2.42. The van der Waals surface area contributed by atoms with Gasteiger partial charge in [0.25, 0.3) is 0 Å². The summed E-state index contributed by atoms with van der Waals surface area (Å²) in [4.78, 5) is 24.8. The van der Waals surface area contributed by atoms with Gasteiger partial charge >= 0.3 is 0 Å². The highest BCUT2D eigenvalue weighted by molar-refractivity contribution is 5.93. The number of carbonyl (C=O) groups excluding carboxylic acids is 2. The maximum absolute atomic E-state index is 12.5. The molecular weight excluding hydrogens is 330 g/mol. The van der Waals surface area contributed by atoms with Gasteiger partial charge in [-0.1, -0.05) is 31.5 Å². The first-order valence-electron chi connectivity index (χ1n) is 9.39. The number of nitrogens with one attached hydrogen (secondary N) is 2. The van der Waals surface area contributed by atoms with E-state index in [0.717, 1.165) is 42.5 Å². The van der Waals surface area contributed by atoms with Crippen LogP contribution >= 0.6 is 0 Å². The number of aryl methyl sites for hydroxylation is 2. The quantitative estimate of drug-likeness (QED) is 0.391. The molecule has 1 amide bonds. The number of rotatable bonds is 14. The minimum Gasteiger partial charge on any atom is -0.379 e. The second-order valence-electron chi connectivity index (χ2n) is 6.43. The minimum absolute atomic E-state index is 0.00570. The Labute approximate surface area is 157 Å². The van der Waals surface area contributed by atoms with E-state index in [9.17, 15) is 9.59 Å². The van der Waals surface area contributed by atoms with Crippen LogP contribution in [-0.4, -0.2) is 63.0 Å². The maximum atomic E-state index is 12.5. The molecule has 0 aliphatic rings. The largest absolute Gasteiger partial charge is 0.379 e. The molecule has 0 aliphatic carbocycles. The van der Waals surface area contributed by atoms with Crippen molar-refractivity contribution in [3.8, 4) is 0 Å². The molecule has 26 heavy (non-hydrogen) atoms. The second-order valence-corrected chi connectivity index (χ2v) is 6.43. The van der Waals surface area contributed by atoms with Crippen molar-refractivity contribution in [1.82, 2.24) is 10.2 Å². The van der Waals surface area contributed by atoms with Crippen molar-refractivity contribution < 1.29 is 14.3 Å². The van der Waals surface area contributed by atoms with Crippen LogP contribution in [-0.2, 0) is 14.3 Å². The lowest BCUT2D eigenvalue weighted by molar-refractivity contribution is -0.117. The molecule has 146 valence electrons. The highest BCUT2D eigenvalue weighted by atomic mass is 16.5. The van der Waals surface area contributed by atoms with Crippen LogP contribution in [0.4, 0.5) is 5.69 Å². The smallest absolute Gasteiger partial charge is 0.238 e. The van der Waals surface area contributed by atoms with Gasteiger partial charge in [0.1, 0.15) is 6.29 Å². The molecule has 6 heteroatoms. The van der Waals surface area contributed by atoms with Crippen molar-refractivity contribution in [2.45, 2.75) is 33.6 Å². The first-order chi connectivity index (χ1) is 12.6. The van der Waals surface area contributed by atoms with Gasteiger partial charge in [0, 0.05) is 18.8 Å². The summed E-state index contributed by atoms with van der Waals surface area (Å²) in [6, 6.07) is 6.00. The van der Waals surface area contributed by atoms with Gasteiger partial charge in [-0.3, -0.25) is 9.69 Å². The number of carbonyl (C=O) groups is 2. The number of para-hydroxylation sites is 1. The third-order valence-corrected chi connectivity index (χ3v) is 4.14. The zero-order valence-corrected chi connectivity index (χ0v) is 16.3. The molecule has 0 spiro atoms. The molecule has 6 nitrogen and oxygen atoms in total. The molecule has 0 saturated heterocycles. The first-order valence-corrected chi connectivity index (χ1v) is 9.39. The zero-order chi connectivity index (χ0) is 19.2. The van der Waals surface area contributed by atoms with Crippen LogP contribution in [0.5, 0.6) is 0 Å². The number of amides is 1. The number of anilines is 1. The van der Waals surface area contributed by atoms with Crippen molar-refractivity contribution >= 4 is 17.9 Å². The summed E-state index contributed by atoms with van der Waals surface area (Å²) in [7, 11) is 0. The Morgan fingerprint density at radius 3 is 2.58 bits per heavy atom. The molecule has 0 fully saturated rings. The summed E-state index contributed by atoms with van der Waals surface area (Å²) in [6.07, 6.45) is 2.98. The molecular formula is C20H33N3O3. The summed E-state index contributed by atoms with van der Waals surface area (Å²) in [5, 5.41) is 6.00. The predicted molar refractivity (Wildman–Crippen MR) is 106 cm³/mol. The van der Waals surface area contributed by atoms with Crippen LogP contribution in [0.2, 0.25) is 0 Å². The van der Waals surface area contributed by atoms with Crippen molar-refractivity contribution in [3.63, 3.8) is 0 Å². The number of nitrogens with zero attached hydrogens (tertiary/aromatic N) is 1. The second kappa shape index (κ2) is 13.4. The van der Waals surface area contributed by atoms with Gasteiger partial charge in [-0.25, -0.2) is 0 Å². The van der Waals surface area contributed by atoms with Crippen LogP contribution in [0.3, 0.4) is 0 Å². The van der Waals surface area contributed by atoms with E-state index >= 15 is 0 Å². The molecule has 0 bridgehead atoms. The van der Waals surface area contributed by atoms with Crippen molar-refractivity contribution in [1.29, 1.82) is 0 Å². The summed E-state index contributed by atoms with van der Waals surface area (Å²) in [5.41, 5.74) is 3.06. The molecule has 0 aromatic heterocycles. The number of ether oxygens (including phenoxy) is 1. The van der Waals surface area contributed by atoms with Gasteiger partial charge in [-0.2, -0.15) is 0 Å². The number of hydrogen-bond acceptors (Lipinski definition) is 5. The maximum Gasteiger partial charge on any atom is 0.238 e. The Morgan fingerprint density at radius 1 is 1.19 bits per heavy atom. The Morgan fingerprint density at radius 2 is 1.92 bits per heavy atom. The summed E-state index contributed by atoms with van der Waals surface area (Å²) >= 11 is 0. The van der Waals surface area contributed by atoms with E-state index in [4.69, 9.17) is 4.74 Å². The van der Waals surface area contributed by atoms with Gasteiger partial charge in [0.15, 0.2) is 0 Å². The molecule has 0 unspecified atom stereocenters. The molecule has 1 aromatic rings. The number of unbranched alkanes of at least 4 members (excludes halogenated alkanes) is 1. The van der Waals surface area contributed by atoms with E-state index in [1.807, 2.05) is 32.0 Å². The minimum atomic E-state index is 0.00570. The standard InChI is InChI=1S/C20H33N3O3/c1-4-5-11-23(12-15-26-14-10-21-9-13-24)16-19(25)22-20-17(2)7-6-8-18(20)3/h6-8,13,21H,4-5,9-12,14-16H2,1-3H3,(H,22,25). The topological polar surface area (TPSA) is 70.7 Å². The number of benzene rings is 1. The third kappa shape index (κ3) is 9.08. The van der Waals surface area contributed by atoms with E-state index in [1.54, 1.807) is 0 Å². The first kappa shape index (κ1) is 22.3. The lowest BCUT2D eigenvalue weighted by atomic mass is 10.1. The number of hydrogen-bond donors (Lipinski definition) is 2. The molecule has 1 aromatic carbocycles. The lowest BCUT2D eigenvalue weighted by Gasteiger charge is -2.22. The fraction of sp³-hybridized carbons (Fsp3) is 0.600. The fourth-order valence-electron chi connectivity index (χ4n) is 2.65. The predicted octanol–water partition coefficient (Wildman–Crippen LogP) is 2.15. The fourth-order valence-corrected chi connectivity index (χ4v) is 2.65. The molecule has 0 atom stereocenters. The molecule has 0 heterocycles. The van der Waals surface area contributed by atoms with Crippen molar-refractivity contribution in [2.24, 2.45) is 0 Å². The van der Waals surface area contributed by atoms with Gasteiger partial charge in [-0.15, -0.1) is 0 Å². The highest BCUT2D eigenvalue weighted by Gasteiger charge is 2.12. The highest BCUT2D eigenvalue weighted by Crippen LogP contribution is 2.19. The van der Waals surface area contributed by atoms with E-state index < -0.39 is 0 Å². The summed E-state index contributed by atoms with van der Waals surface area (Å²) < 4.78 is 5.58. The monoisotopic (exact) mass is 363 g/mol. The molecule has 0 radical (unpaired) electrons. The average Bonchev–Trinajstić information content (AvgIpc) is 2.62. The number of aldehydes is 1. The SMILES string of the molecule is CCCCN(CCOCCNCC=O)CC(=O)Nc1c(C)cccc1C. The lowest BCUT2D eigenvalue weighted by Crippen LogP contribution is -2.36. The normalized spacial score (nSPS) is 10.9. The third-order valence-electron chi connectivity index (χ3n) is 4.14. The van der Waals surface area contributed by atoms with Gasteiger partial charge in [0.2, 0.25) is 5.91 Å². The van der Waals surface area contributed by atoms with E-state index in [-0.39, 0.29) is 5.91 Å². The van der Waals surface area contributed by atoms with Crippen molar-refractivity contribution in [3.05, 3.63) is 29.3 Å². The van der Waals surface area contributed by atoms with Crippen LogP contribution in [0.15, 0.2) is 18.2 Å². The Kier molecular flexibility index (Phi) is 11.5. The van der Waals surface area contributed by atoms with Crippen LogP contribution in [0, 0.1) is 13.8 Å². The Hall–Kier alpha value is -1.76. The summed E-state index contributed by atoms with van der Waals surface area (Å²) in [5.74, 6) is 0.00570. The van der Waals surface area contributed by atoms with Crippen molar-refractivity contribution in [2.75, 3.05) is 51.3 Å². The van der Waals surface area contributed by atoms with E-state index in [2.05, 4.69) is 22.5 Å². The molecule has 1 rings (SSSR count). The Bertz CT molecular complexity index is 529. The van der Waals surface area contributed by atoms with E-state index in [0.29, 0.717) is 39.4 Å². The van der Waals surface area contributed by atoms with E-state index in [1.165, 1.54) is 0 Å².